The molecule has 1 aliphatic rings. The number of aliphatic hydroxyl groups excluding tert-OH is 1. The second kappa shape index (κ2) is 7.43. The highest BCUT2D eigenvalue weighted by Gasteiger charge is 2.36. The number of nitrogens with zero attached hydrogens (tertiary/aromatic N) is 5. The van der Waals surface area contributed by atoms with E-state index in [-0.39, 0.29) is 18.6 Å². The fourth-order valence-electron chi connectivity index (χ4n) is 3.36. The van der Waals surface area contributed by atoms with Crippen molar-refractivity contribution in [3.63, 3.8) is 0 Å². The van der Waals surface area contributed by atoms with E-state index in [1.807, 2.05) is 6.07 Å². The van der Waals surface area contributed by atoms with Crippen LogP contribution in [-0.2, 0) is 21.0 Å². The second-order valence-corrected chi connectivity index (χ2v) is 7.81. The lowest BCUT2D eigenvalue weighted by molar-refractivity contribution is 0.100. The van der Waals surface area contributed by atoms with E-state index >= 15 is 0 Å². The zero-order valence-corrected chi connectivity index (χ0v) is 15.5. The molecule has 1 saturated carbocycles. The summed E-state index contributed by atoms with van der Waals surface area (Å²) >= 11 is 0. The number of rotatable bonds is 7. The molecular weight excluding hydrogens is 390 g/mol. The molecule has 1 aliphatic carbocycles. The summed E-state index contributed by atoms with van der Waals surface area (Å²) in [4.78, 5) is 8.46. The maximum Gasteiger partial charge on any atom is 0.333 e. The molecule has 0 aliphatic heterocycles. The van der Waals surface area contributed by atoms with E-state index in [1.165, 1.54) is 6.33 Å². The largest absolute Gasteiger partial charge is 0.467 e. The van der Waals surface area contributed by atoms with Crippen molar-refractivity contribution >= 4 is 27.3 Å². The minimum absolute atomic E-state index is 0.186. The number of furan rings is 1. The van der Waals surface area contributed by atoms with Crippen LogP contribution in [0.25, 0.3) is 11.2 Å². The van der Waals surface area contributed by atoms with Gasteiger partial charge in [-0.05, 0) is 25.0 Å². The Morgan fingerprint density at radius 1 is 1.39 bits per heavy atom. The van der Waals surface area contributed by atoms with Crippen molar-refractivity contribution in [3.8, 4) is 0 Å². The summed E-state index contributed by atoms with van der Waals surface area (Å²) < 4.78 is 33.5. The van der Waals surface area contributed by atoms with Gasteiger partial charge < -0.3 is 14.8 Å². The van der Waals surface area contributed by atoms with E-state index in [0.29, 0.717) is 36.4 Å². The molecule has 0 bridgehead atoms. The van der Waals surface area contributed by atoms with Crippen LogP contribution in [0.3, 0.4) is 0 Å². The third-order valence-electron chi connectivity index (χ3n) is 4.70. The Morgan fingerprint density at radius 2 is 2.25 bits per heavy atom. The number of aromatic nitrogens is 5. The first kappa shape index (κ1) is 18.7. The molecule has 0 aromatic carbocycles. The van der Waals surface area contributed by atoms with Crippen LogP contribution in [0.4, 0.5) is 5.82 Å². The summed E-state index contributed by atoms with van der Waals surface area (Å²) in [6.07, 6.45) is 3.07. The van der Waals surface area contributed by atoms with Crippen molar-refractivity contribution in [1.29, 1.82) is 0 Å². The summed E-state index contributed by atoms with van der Waals surface area (Å²) in [5.74, 6) is 0.872. The molecule has 150 valence electrons. The normalized spacial score (nSPS) is 22.7. The van der Waals surface area contributed by atoms with E-state index in [9.17, 15) is 13.5 Å². The molecule has 3 aromatic heterocycles. The predicted octanol–water partition coefficient (Wildman–Crippen LogP) is -0.0415. The van der Waals surface area contributed by atoms with Gasteiger partial charge in [-0.2, -0.15) is 8.42 Å². The first-order valence-corrected chi connectivity index (χ1v) is 10.0. The zero-order chi connectivity index (χ0) is 19.7. The Morgan fingerprint density at radius 3 is 3.00 bits per heavy atom. The van der Waals surface area contributed by atoms with Crippen molar-refractivity contribution in [2.75, 3.05) is 11.9 Å². The molecule has 0 saturated heterocycles. The van der Waals surface area contributed by atoms with E-state index in [0.717, 1.165) is 5.76 Å². The van der Waals surface area contributed by atoms with Crippen LogP contribution >= 0.6 is 0 Å². The highest BCUT2D eigenvalue weighted by atomic mass is 32.2. The van der Waals surface area contributed by atoms with Gasteiger partial charge in [-0.25, -0.2) is 19.8 Å². The van der Waals surface area contributed by atoms with Crippen LogP contribution in [0.15, 0.2) is 29.1 Å². The van der Waals surface area contributed by atoms with Gasteiger partial charge in [-0.3, -0.25) is 4.18 Å². The van der Waals surface area contributed by atoms with Gasteiger partial charge >= 0.3 is 10.3 Å². The summed E-state index contributed by atoms with van der Waals surface area (Å²) in [5, 5.41) is 26.6. The molecule has 4 rings (SSSR count). The molecule has 12 nitrogen and oxygen atoms in total. The van der Waals surface area contributed by atoms with Crippen LogP contribution in [0, 0.1) is 5.92 Å². The Kier molecular flexibility index (Phi) is 4.97. The topological polar surface area (TPSA) is 171 Å². The average Bonchev–Trinajstić information content (AvgIpc) is 3.37. The second-order valence-electron chi connectivity index (χ2n) is 6.59. The summed E-state index contributed by atoms with van der Waals surface area (Å²) in [5.41, 5.74) is 1.01. The number of hydrogen-bond donors (Lipinski definition) is 3. The number of nitrogens with one attached hydrogen (secondary N) is 1. The molecule has 3 heterocycles. The van der Waals surface area contributed by atoms with Gasteiger partial charge in [0.1, 0.15) is 12.1 Å². The molecule has 0 unspecified atom stereocenters. The lowest BCUT2D eigenvalue weighted by Crippen LogP contribution is -2.24. The van der Waals surface area contributed by atoms with Crippen LogP contribution < -0.4 is 10.5 Å². The quantitative estimate of drug-likeness (QED) is 0.481. The summed E-state index contributed by atoms with van der Waals surface area (Å²) in [6.45, 7) is 0.245. The van der Waals surface area contributed by atoms with Gasteiger partial charge in [-0.15, -0.1) is 5.10 Å². The lowest BCUT2D eigenvalue weighted by atomic mass is 10.1. The highest BCUT2D eigenvalue weighted by molar-refractivity contribution is 7.84. The molecule has 0 radical (unpaired) electrons. The standard InChI is InChI=1S/C15H19N7O5S/c16-28(24,25)27-7-9-4-10(5-12(9)23)22-15-13(20-21-22)14(18-8-19-15)17-6-11-2-1-3-26-11/h1-3,8-10,12,23H,4-7H2,(H2,16,24,25)(H,17,18,19)/t9-,10+,12-/m0/s1. The van der Waals surface area contributed by atoms with E-state index in [1.54, 1.807) is 17.0 Å². The Hall–Kier alpha value is -2.61. The smallest absolute Gasteiger partial charge is 0.333 e. The number of nitrogens with two attached hydrogens (primary N) is 1. The maximum absolute atomic E-state index is 11.0. The van der Waals surface area contributed by atoms with E-state index in [4.69, 9.17) is 9.56 Å². The van der Waals surface area contributed by atoms with Gasteiger partial charge in [0.2, 0.25) is 0 Å². The maximum atomic E-state index is 11.0. The number of fused-ring (bicyclic) bond motifs is 1. The van der Waals surface area contributed by atoms with Crippen molar-refractivity contribution in [1.82, 2.24) is 25.0 Å². The third kappa shape index (κ3) is 3.96. The van der Waals surface area contributed by atoms with Crippen LogP contribution in [0.2, 0.25) is 0 Å². The fourth-order valence-corrected chi connectivity index (χ4v) is 3.72. The molecule has 3 aromatic rings. The fraction of sp³-hybridized carbons (Fsp3) is 0.467. The monoisotopic (exact) mass is 409 g/mol. The van der Waals surface area contributed by atoms with Crippen molar-refractivity contribution in [3.05, 3.63) is 30.5 Å². The molecule has 4 N–H and O–H groups in total. The van der Waals surface area contributed by atoms with Gasteiger partial charge in [0.05, 0.1) is 31.6 Å². The Balaban J connectivity index is 1.51. The number of hydrogen-bond acceptors (Lipinski definition) is 10. The summed E-state index contributed by atoms with van der Waals surface area (Å²) in [7, 11) is -4.05. The van der Waals surface area contributed by atoms with Gasteiger partial charge in [0.15, 0.2) is 17.0 Å². The predicted molar refractivity (Wildman–Crippen MR) is 96.0 cm³/mol. The molecule has 13 heteroatoms. The highest BCUT2D eigenvalue weighted by Crippen LogP contribution is 2.36. The molecule has 1 fully saturated rings. The van der Waals surface area contributed by atoms with Crippen molar-refractivity contribution in [2.24, 2.45) is 11.1 Å². The Bertz CT molecular complexity index is 1050. The molecule has 0 amide bonds. The van der Waals surface area contributed by atoms with Gasteiger partial charge in [-0.1, -0.05) is 5.21 Å². The van der Waals surface area contributed by atoms with Crippen LogP contribution in [0.1, 0.15) is 24.6 Å². The zero-order valence-electron chi connectivity index (χ0n) is 14.7. The lowest BCUT2D eigenvalue weighted by Gasteiger charge is -2.12. The van der Waals surface area contributed by atoms with Crippen LogP contribution in [-0.4, -0.2) is 51.2 Å². The Labute approximate surface area is 160 Å². The number of anilines is 1. The van der Waals surface area contributed by atoms with E-state index in [2.05, 4.69) is 29.8 Å². The van der Waals surface area contributed by atoms with Crippen molar-refractivity contribution in [2.45, 2.75) is 31.5 Å². The minimum Gasteiger partial charge on any atom is -0.467 e. The SMILES string of the molecule is NS(=O)(=O)OC[C@@H]1C[C@@H](n2nnc3c(NCc4ccco4)ncnc32)C[C@@H]1O. The minimum atomic E-state index is -4.05. The summed E-state index contributed by atoms with van der Waals surface area (Å²) in [6, 6.07) is 3.43. The number of aliphatic hydroxyl groups is 1. The third-order valence-corrected chi connectivity index (χ3v) is 5.16. The average molecular weight is 409 g/mol. The molecule has 3 atom stereocenters. The first-order chi connectivity index (χ1) is 13.4. The molecule has 0 spiro atoms. The van der Waals surface area contributed by atoms with Crippen molar-refractivity contribution < 1.29 is 22.1 Å². The van der Waals surface area contributed by atoms with E-state index < -0.39 is 16.4 Å². The first-order valence-electron chi connectivity index (χ1n) is 8.58. The van der Waals surface area contributed by atoms with Gasteiger partial charge in [0.25, 0.3) is 0 Å². The van der Waals surface area contributed by atoms with Crippen LogP contribution in [0.5, 0.6) is 0 Å². The molecular formula is C15H19N7O5S. The van der Waals surface area contributed by atoms with Gasteiger partial charge in [0, 0.05) is 5.92 Å². The molecule has 28 heavy (non-hydrogen) atoms.